The second-order valence-corrected chi connectivity index (χ2v) is 5.72. The van der Waals surface area contributed by atoms with Crippen LogP contribution in [0.5, 0.6) is 5.75 Å². The van der Waals surface area contributed by atoms with Gasteiger partial charge in [-0.15, -0.1) is 0 Å². The standard InChI is InChI=1S/C15H19N3O4/c1-15(2,3)22-14(21)18-12(13(20)9-17-16)8-10-4-6-11(19)7-5-10/h4-7,9,12,19H,8H2,1-3H3,(H,18,21)/t12-/m1/s1. The largest absolute Gasteiger partial charge is 0.508 e. The Morgan fingerprint density at radius 1 is 1.36 bits per heavy atom. The Morgan fingerprint density at radius 3 is 2.45 bits per heavy atom. The fraction of sp³-hybridized carbons (Fsp3) is 0.400. The number of rotatable bonds is 5. The topological polar surface area (TPSA) is 112 Å². The van der Waals surface area contributed by atoms with Crippen molar-refractivity contribution in [2.45, 2.75) is 38.8 Å². The van der Waals surface area contributed by atoms with E-state index in [9.17, 15) is 14.7 Å². The summed E-state index contributed by atoms with van der Waals surface area (Å²) in [6.07, 6.45) is 0.156. The number of hydrogen-bond acceptors (Lipinski definition) is 4. The Labute approximate surface area is 128 Å². The first-order chi connectivity index (χ1) is 10.2. The van der Waals surface area contributed by atoms with Crippen molar-refractivity contribution >= 4 is 18.1 Å². The fourth-order valence-electron chi connectivity index (χ4n) is 1.69. The minimum Gasteiger partial charge on any atom is -0.508 e. The molecule has 0 aliphatic rings. The van der Waals surface area contributed by atoms with E-state index in [2.05, 4.69) is 10.1 Å². The van der Waals surface area contributed by atoms with Crippen LogP contribution in [-0.2, 0) is 16.0 Å². The number of benzene rings is 1. The summed E-state index contributed by atoms with van der Waals surface area (Å²) in [7, 11) is 0. The highest BCUT2D eigenvalue weighted by molar-refractivity contribution is 6.28. The highest BCUT2D eigenvalue weighted by Gasteiger charge is 2.25. The number of carbonyl (C=O) groups is 2. The highest BCUT2D eigenvalue weighted by Crippen LogP contribution is 2.12. The molecule has 0 heterocycles. The monoisotopic (exact) mass is 305 g/mol. The van der Waals surface area contributed by atoms with Crippen molar-refractivity contribution in [1.82, 2.24) is 5.32 Å². The Morgan fingerprint density at radius 2 is 1.95 bits per heavy atom. The molecule has 0 unspecified atom stereocenters. The van der Waals surface area contributed by atoms with E-state index >= 15 is 0 Å². The maximum atomic E-state index is 11.9. The van der Waals surface area contributed by atoms with E-state index in [-0.39, 0.29) is 12.2 Å². The second-order valence-electron chi connectivity index (χ2n) is 5.72. The average Bonchev–Trinajstić information content (AvgIpc) is 2.38. The number of nitrogens with zero attached hydrogens (tertiary/aromatic N) is 2. The van der Waals surface area contributed by atoms with Crippen LogP contribution >= 0.6 is 0 Å². The van der Waals surface area contributed by atoms with Crippen molar-refractivity contribution in [3.63, 3.8) is 0 Å². The van der Waals surface area contributed by atoms with Crippen LogP contribution in [0.4, 0.5) is 4.79 Å². The zero-order chi connectivity index (χ0) is 16.8. The third-order valence-electron chi connectivity index (χ3n) is 2.60. The van der Waals surface area contributed by atoms with E-state index in [1.807, 2.05) is 0 Å². The smallest absolute Gasteiger partial charge is 0.408 e. The van der Waals surface area contributed by atoms with Crippen molar-refractivity contribution in [3.05, 3.63) is 35.4 Å². The van der Waals surface area contributed by atoms with Crippen molar-refractivity contribution in [3.8, 4) is 5.75 Å². The molecule has 1 amide bonds. The van der Waals surface area contributed by atoms with Gasteiger partial charge in [0.25, 0.3) is 5.78 Å². The van der Waals surface area contributed by atoms with E-state index < -0.39 is 23.5 Å². The highest BCUT2D eigenvalue weighted by atomic mass is 16.6. The van der Waals surface area contributed by atoms with Crippen LogP contribution in [0.25, 0.3) is 5.53 Å². The van der Waals surface area contributed by atoms with Gasteiger partial charge in [0.2, 0.25) is 0 Å². The summed E-state index contributed by atoms with van der Waals surface area (Å²) < 4.78 is 5.10. The van der Waals surface area contributed by atoms with E-state index in [0.717, 1.165) is 11.8 Å². The molecule has 0 aromatic heterocycles. The molecular weight excluding hydrogens is 286 g/mol. The molecule has 1 aromatic carbocycles. The molecule has 1 atom stereocenters. The maximum Gasteiger partial charge on any atom is 0.408 e. The zero-order valence-electron chi connectivity index (χ0n) is 12.7. The van der Waals surface area contributed by atoms with Gasteiger partial charge in [-0.25, -0.2) is 4.79 Å². The average molecular weight is 305 g/mol. The van der Waals surface area contributed by atoms with Crippen LogP contribution in [-0.4, -0.2) is 39.6 Å². The van der Waals surface area contributed by atoms with Crippen LogP contribution in [0.15, 0.2) is 24.3 Å². The maximum absolute atomic E-state index is 11.9. The lowest BCUT2D eigenvalue weighted by Gasteiger charge is -2.22. The summed E-state index contributed by atoms with van der Waals surface area (Å²) in [4.78, 5) is 26.4. The summed E-state index contributed by atoms with van der Waals surface area (Å²) in [6.45, 7) is 5.12. The number of Topliss-reactive ketones (excluding diaryl/α,β-unsaturated/α-hetero) is 1. The molecule has 7 heteroatoms. The molecule has 0 radical (unpaired) electrons. The SMILES string of the molecule is CC(C)(C)OC(=O)N[C@H](Cc1ccc(O)cc1)C(=O)C=[N+]=[N-]. The van der Waals surface area contributed by atoms with Crippen molar-refractivity contribution in [2.75, 3.05) is 0 Å². The van der Waals surface area contributed by atoms with Crippen LogP contribution in [0.2, 0.25) is 0 Å². The fourth-order valence-corrected chi connectivity index (χ4v) is 1.69. The molecule has 0 saturated carbocycles. The molecule has 0 bridgehead atoms. The minimum absolute atomic E-state index is 0.101. The molecule has 1 aromatic rings. The predicted octanol–water partition coefficient (Wildman–Crippen LogP) is 1.70. The van der Waals surface area contributed by atoms with E-state index in [4.69, 9.17) is 10.3 Å². The molecule has 2 N–H and O–H groups in total. The lowest BCUT2D eigenvalue weighted by Crippen LogP contribution is -2.45. The van der Waals surface area contributed by atoms with Gasteiger partial charge < -0.3 is 20.7 Å². The molecule has 7 nitrogen and oxygen atoms in total. The number of amides is 1. The van der Waals surface area contributed by atoms with Gasteiger partial charge in [0, 0.05) is 6.42 Å². The van der Waals surface area contributed by atoms with Gasteiger partial charge in [0.15, 0.2) is 0 Å². The van der Waals surface area contributed by atoms with E-state index in [0.29, 0.717) is 0 Å². The van der Waals surface area contributed by atoms with Gasteiger partial charge in [0.05, 0.1) is 0 Å². The van der Waals surface area contributed by atoms with Crippen molar-refractivity contribution < 1.29 is 24.2 Å². The number of alkyl carbamates (subject to hydrolysis) is 1. The quantitative estimate of drug-likeness (QED) is 0.489. The molecule has 0 fully saturated rings. The first kappa shape index (κ1) is 17.4. The lowest BCUT2D eigenvalue weighted by molar-refractivity contribution is -0.118. The van der Waals surface area contributed by atoms with Crippen LogP contribution in [0.3, 0.4) is 0 Å². The van der Waals surface area contributed by atoms with E-state index in [1.54, 1.807) is 32.9 Å². The summed E-state index contributed by atoms with van der Waals surface area (Å²) in [5, 5.41) is 11.7. The normalized spacial score (nSPS) is 12.0. The number of hydrogen-bond donors (Lipinski definition) is 2. The first-order valence-electron chi connectivity index (χ1n) is 6.70. The third kappa shape index (κ3) is 6.19. The lowest BCUT2D eigenvalue weighted by atomic mass is 10.0. The summed E-state index contributed by atoms with van der Waals surface area (Å²) in [5.74, 6) is -0.468. The Kier molecular flexibility index (Phi) is 5.83. The van der Waals surface area contributed by atoms with Gasteiger partial charge in [-0.2, -0.15) is 4.79 Å². The Bertz CT molecular complexity index is 584. The zero-order valence-corrected chi connectivity index (χ0v) is 12.7. The van der Waals surface area contributed by atoms with Crippen molar-refractivity contribution in [2.24, 2.45) is 0 Å². The van der Waals surface area contributed by atoms with Crippen molar-refractivity contribution in [1.29, 1.82) is 0 Å². The van der Waals surface area contributed by atoms with Gasteiger partial charge in [-0.05, 0) is 38.5 Å². The summed E-state index contributed by atoms with van der Waals surface area (Å²) >= 11 is 0. The number of aromatic hydroxyl groups is 1. The molecule has 1 rings (SSSR count). The number of carbonyl (C=O) groups excluding carboxylic acids is 2. The molecule has 0 aliphatic heterocycles. The third-order valence-corrected chi connectivity index (χ3v) is 2.60. The minimum atomic E-state index is -0.935. The molecule has 0 aliphatic carbocycles. The molecule has 0 saturated heterocycles. The van der Waals surface area contributed by atoms with Gasteiger partial charge in [-0.1, -0.05) is 12.1 Å². The number of nitrogens with one attached hydrogen (secondary N) is 1. The Balaban J connectivity index is 2.84. The van der Waals surface area contributed by atoms with Crippen LogP contribution in [0.1, 0.15) is 26.3 Å². The predicted molar refractivity (Wildman–Crippen MR) is 79.7 cm³/mol. The summed E-state index contributed by atoms with van der Waals surface area (Å²) in [6, 6.07) is 5.27. The van der Waals surface area contributed by atoms with Crippen LogP contribution < -0.4 is 5.32 Å². The number of phenols is 1. The van der Waals surface area contributed by atoms with Gasteiger partial charge in [-0.3, -0.25) is 4.79 Å². The number of phenolic OH excluding ortho intramolecular Hbond substituents is 1. The van der Waals surface area contributed by atoms with Crippen LogP contribution in [0, 0.1) is 0 Å². The summed E-state index contributed by atoms with van der Waals surface area (Å²) in [5.41, 5.74) is 8.51. The molecule has 118 valence electrons. The molecular formula is C15H19N3O4. The Hall–Kier alpha value is -2.66. The first-order valence-corrected chi connectivity index (χ1v) is 6.70. The molecule has 0 spiro atoms. The second kappa shape index (κ2) is 7.38. The van der Waals surface area contributed by atoms with Gasteiger partial charge in [0.1, 0.15) is 17.4 Å². The number of ketones is 1. The van der Waals surface area contributed by atoms with Gasteiger partial charge >= 0.3 is 12.3 Å². The molecule has 22 heavy (non-hydrogen) atoms. The van der Waals surface area contributed by atoms with E-state index in [1.165, 1.54) is 12.1 Å². The number of ether oxygens (including phenoxy) is 1.